The lowest BCUT2D eigenvalue weighted by Crippen LogP contribution is -2.48. The first-order valence-electron chi connectivity index (χ1n) is 13.5. The molecule has 0 amide bonds. The fraction of sp³-hybridized carbons (Fsp3) is 0.433. The van der Waals surface area contributed by atoms with Gasteiger partial charge in [-0.25, -0.2) is 0 Å². The second-order valence-electron chi connectivity index (χ2n) is 11.0. The summed E-state index contributed by atoms with van der Waals surface area (Å²) < 4.78 is 17.5. The van der Waals surface area contributed by atoms with E-state index in [9.17, 15) is 29.7 Å². The number of hydrogen-bond acceptors (Lipinski definition) is 10. The van der Waals surface area contributed by atoms with E-state index >= 15 is 0 Å². The Morgan fingerprint density at radius 1 is 1.10 bits per heavy atom. The smallest absolute Gasteiger partial charge is 0.310 e. The van der Waals surface area contributed by atoms with Gasteiger partial charge in [0.15, 0.2) is 11.6 Å². The van der Waals surface area contributed by atoms with Crippen LogP contribution in [-0.2, 0) is 14.3 Å². The van der Waals surface area contributed by atoms with Crippen LogP contribution in [0.5, 0.6) is 11.5 Å². The number of phenols is 1. The lowest BCUT2D eigenvalue weighted by Gasteiger charge is -2.37. The zero-order valence-electron chi connectivity index (χ0n) is 22.1. The average molecular weight is 550 g/mol. The Hall–Kier alpha value is -3.57. The van der Waals surface area contributed by atoms with Gasteiger partial charge in [-0.3, -0.25) is 14.4 Å². The molecule has 2 aromatic carbocycles. The number of aryl methyl sites for hydroxylation is 1. The van der Waals surface area contributed by atoms with E-state index in [1.807, 2.05) is 0 Å². The van der Waals surface area contributed by atoms with Crippen LogP contribution in [0.2, 0.25) is 0 Å². The zero-order chi connectivity index (χ0) is 28.5. The summed E-state index contributed by atoms with van der Waals surface area (Å²) in [5.74, 6) is -2.97. The first kappa shape index (κ1) is 26.6. The predicted molar refractivity (Wildman–Crippen MR) is 141 cm³/mol. The van der Waals surface area contributed by atoms with Gasteiger partial charge in [-0.15, -0.1) is 0 Å². The number of esters is 1. The van der Waals surface area contributed by atoms with Gasteiger partial charge in [0.1, 0.15) is 23.7 Å². The Morgan fingerprint density at radius 2 is 1.88 bits per heavy atom. The molecule has 2 fully saturated rings. The highest BCUT2D eigenvalue weighted by Gasteiger charge is 2.55. The summed E-state index contributed by atoms with van der Waals surface area (Å²) in [6.45, 7) is 3.73. The van der Waals surface area contributed by atoms with Crippen LogP contribution < -0.4 is 10.5 Å². The van der Waals surface area contributed by atoms with Crippen LogP contribution in [0.25, 0.3) is 5.57 Å². The maximum Gasteiger partial charge on any atom is 0.310 e. The number of hydrogen-bond donors (Lipinski definition) is 4. The molecule has 0 aromatic heterocycles. The van der Waals surface area contributed by atoms with E-state index in [0.717, 1.165) is 5.56 Å². The highest BCUT2D eigenvalue weighted by Crippen LogP contribution is 2.57. The number of Topliss-reactive ketones (excluding diaryl/α,β-unsaturated/α-hetero) is 2. The Labute approximate surface area is 230 Å². The first-order valence-corrected chi connectivity index (χ1v) is 13.5. The fourth-order valence-corrected chi connectivity index (χ4v) is 6.55. The van der Waals surface area contributed by atoms with Crippen molar-refractivity contribution in [3.63, 3.8) is 0 Å². The summed E-state index contributed by atoms with van der Waals surface area (Å²) in [6.07, 6.45) is -3.85. The number of aliphatic hydroxyl groups is 2. The van der Waals surface area contributed by atoms with Crippen molar-refractivity contribution in [2.75, 3.05) is 6.54 Å². The molecule has 40 heavy (non-hydrogen) atoms. The lowest BCUT2D eigenvalue weighted by molar-refractivity contribution is -0.216. The van der Waals surface area contributed by atoms with Gasteiger partial charge in [0.25, 0.3) is 0 Å². The van der Waals surface area contributed by atoms with Gasteiger partial charge in [-0.2, -0.15) is 0 Å². The van der Waals surface area contributed by atoms with Crippen molar-refractivity contribution in [2.24, 2.45) is 17.6 Å². The number of rotatable bonds is 5. The molecule has 10 heteroatoms. The summed E-state index contributed by atoms with van der Waals surface area (Å²) in [5.41, 5.74) is 7.46. The molecule has 0 saturated carbocycles. The molecule has 2 saturated heterocycles. The molecule has 4 aliphatic rings. The molecule has 7 atom stereocenters. The maximum atomic E-state index is 14.4. The monoisotopic (exact) mass is 549 g/mol. The van der Waals surface area contributed by atoms with E-state index < -0.39 is 60.1 Å². The van der Waals surface area contributed by atoms with E-state index in [0.29, 0.717) is 24.9 Å². The third kappa shape index (κ3) is 3.97. The molecule has 2 aliphatic heterocycles. The van der Waals surface area contributed by atoms with Crippen molar-refractivity contribution >= 4 is 23.1 Å². The number of nitrogens with two attached hydrogens (primary N) is 1. The molecule has 6 rings (SSSR count). The summed E-state index contributed by atoms with van der Waals surface area (Å²) in [5, 5.41) is 31.3. The molecule has 2 aromatic rings. The van der Waals surface area contributed by atoms with Gasteiger partial charge in [0.2, 0.25) is 6.29 Å². The number of benzene rings is 2. The highest BCUT2D eigenvalue weighted by atomic mass is 16.7. The topological polar surface area (TPSA) is 166 Å². The van der Waals surface area contributed by atoms with Crippen LogP contribution in [-0.4, -0.2) is 64.0 Å². The molecule has 2 unspecified atom stereocenters. The molecule has 0 bridgehead atoms. The Kier molecular flexibility index (Phi) is 6.53. The Morgan fingerprint density at radius 3 is 2.60 bits per heavy atom. The van der Waals surface area contributed by atoms with E-state index in [1.54, 1.807) is 26.0 Å². The third-order valence-corrected chi connectivity index (χ3v) is 8.38. The van der Waals surface area contributed by atoms with Crippen molar-refractivity contribution in [1.29, 1.82) is 0 Å². The van der Waals surface area contributed by atoms with E-state index in [2.05, 4.69) is 0 Å². The largest absolute Gasteiger partial charge is 0.507 e. The van der Waals surface area contributed by atoms with Crippen LogP contribution in [0, 0.1) is 18.8 Å². The quantitative estimate of drug-likeness (QED) is 0.407. The summed E-state index contributed by atoms with van der Waals surface area (Å²) >= 11 is 0. The SMILES string of the molecule is Cc1cc(O)c2c(c1)[C@H]1OC(=O)[C@H](CCCN)C1C1=C2C(=O)c2cccc(OC3C[C@@H](O)[C@@H](O)[C@H](C)O3)c2C1=O. The summed E-state index contributed by atoms with van der Waals surface area (Å²) in [6, 6.07) is 7.94. The number of phenolic OH excluding ortho intramolecular Hbond substituents is 1. The van der Waals surface area contributed by atoms with Crippen LogP contribution in [0.1, 0.15) is 69.7 Å². The van der Waals surface area contributed by atoms with Gasteiger partial charge < -0.3 is 35.3 Å². The molecular formula is C30H31NO9. The lowest BCUT2D eigenvalue weighted by atomic mass is 9.65. The van der Waals surface area contributed by atoms with Gasteiger partial charge in [-0.1, -0.05) is 18.2 Å². The van der Waals surface area contributed by atoms with Gasteiger partial charge in [0, 0.05) is 40.2 Å². The van der Waals surface area contributed by atoms with Gasteiger partial charge >= 0.3 is 5.97 Å². The molecular weight excluding hydrogens is 518 g/mol. The minimum absolute atomic E-state index is 0.0221. The number of aliphatic hydroxyl groups excluding tert-OH is 2. The van der Waals surface area contributed by atoms with Crippen LogP contribution in [0.15, 0.2) is 35.9 Å². The number of aromatic hydroxyl groups is 1. The maximum absolute atomic E-state index is 14.4. The van der Waals surface area contributed by atoms with Crippen LogP contribution >= 0.6 is 0 Å². The van der Waals surface area contributed by atoms with Crippen molar-refractivity contribution in [2.45, 2.75) is 63.8 Å². The minimum Gasteiger partial charge on any atom is -0.507 e. The molecule has 210 valence electrons. The third-order valence-electron chi connectivity index (χ3n) is 8.38. The number of allylic oxidation sites excluding steroid dienone is 1. The molecule has 0 spiro atoms. The number of ether oxygens (including phenoxy) is 3. The molecule has 5 N–H and O–H groups in total. The Balaban J connectivity index is 1.50. The summed E-state index contributed by atoms with van der Waals surface area (Å²) in [4.78, 5) is 41.7. The van der Waals surface area contributed by atoms with Crippen molar-refractivity contribution in [3.05, 3.63) is 63.7 Å². The average Bonchev–Trinajstić information content (AvgIpc) is 3.24. The second-order valence-corrected chi connectivity index (χ2v) is 11.0. The van der Waals surface area contributed by atoms with Crippen LogP contribution in [0.4, 0.5) is 0 Å². The number of carbonyl (C=O) groups excluding carboxylic acids is 3. The zero-order valence-corrected chi connectivity index (χ0v) is 22.1. The Bertz CT molecular complexity index is 1450. The molecule has 0 radical (unpaired) electrons. The van der Waals surface area contributed by atoms with E-state index in [-0.39, 0.29) is 45.8 Å². The second kappa shape index (κ2) is 9.81. The highest BCUT2D eigenvalue weighted by molar-refractivity contribution is 6.42. The fourth-order valence-electron chi connectivity index (χ4n) is 6.55. The van der Waals surface area contributed by atoms with Crippen molar-refractivity contribution in [3.8, 4) is 11.5 Å². The normalized spacial score (nSPS) is 30.8. The molecule has 10 nitrogen and oxygen atoms in total. The number of fused-ring (bicyclic) bond motifs is 6. The molecule has 2 heterocycles. The van der Waals surface area contributed by atoms with Crippen LogP contribution in [0.3, 0.4) is 0 Å². The minimum atomic E-state index is -1.09. The van der Waals surface area contributed by atoms with Crippen molar-refractivity contribution in [1.82, 2.24) is 0 Å². The van der Waals surface area contributed by atoms with Gasteiger partial charge in [0.05, 0.1) is 23.7 Å². The standard InChI is InChI=1S/C30H31NO9/c1-12-9-16-21(17(32)10-12)24-25(23-15(6-4-8-31)30(37)40-29(16)23)28(36)22-14(27(24)35)5-3-7-19(22)39-20-11-18(33)26(34)13(2)38-20/h3,5,7,9-10,13,15,18,20,23,26,29,32-34H,4,6,8,11,31H2,1-2H3/t13-,15+,18+,20?,23?,26-,29+/m0/s1. The number of carbonyl (C=O) groups is 3. The van der Waals surface area contributed by atoms with E-state index in [1.165, 1.54) is 18.2 Å². The van der Waals surface area contributed by atoms with Crippen molar-refractivity contribution < 1.29 is 43.9 Å². The predicted octanol–water partition coefficient (Wildman–Crippen LogP) is 2.35. The number of ketones is 2. The van der Waals surface area contributed by atoms with E-state index in [4.69, 9.17) is 19.9 Å². The van der Waals surface area contributed by atoms with Gasteiger partial charge in [-0.05, 0) is 50.9 Å². The molecule has 2 aliphatic carbocycles. The first-order chi connectivity index (χ1) is 19.1. The summed E-state index contributed by atoms with van der Waals surface area (Å²) in [7, 11) is 0.